The number of amides is 1. The predicted octanol–water partition coefficient (Wildman–Crippen LogP) is 1.75. The predicted molar refractivity (Wildman–Crippen MR) is 73.4 cm³/mol. The Hall–Kier alpha value is -2.43. The van der Waals surface area contributed by atoms with Gasteiger partial charge in [-0.3, -0.25) is 9.59 Å². The van der Waals surface area contributed by atoms with Gasteiger partial charge in [-0.25, -0.2) is 4.98 Å². The fourth-order valence-corrected chi connectivity index (χ4v) is 1.84. The van der Waals surface area contributed by atoms with Crippen LogP contribution in [0.5, 0.6) is 0 Å². The van der Waals surface area contributed by atoms with Crippen molar-refractivity contribution in [2.24, 2.45) is 0 Å². The smallest absolute Gasteiger partial charge is 0.278 e. The number of aromatic nitrogens is 2. The lowest BCUT2D eigenvalue weighted by atomic mass is 10.2. The van der Waals surface area contributed by atoms with Gasteiger partial charge in [0.2, 0.25) is 0 Å². The Labute approximate surface area is 110 Å². The summed E-state index contributed by atoms with van der Waals surface area (Å²) < 4.78 is 0. The minimum Gasteiger partial charge on any atom is -0.325 e. The molecular weight excluding hydrogens is 242 g/mol. The number of H-pyrrole nitrogens is 1. The van der Waals surface area contributed by atoms with Gasteiger partial charge in [0.15, 0.2) is 0 Å². The number of aromatic amines is 1. The van der Waals surface area contributed by atoms with E-state index in [1.807, 2.05) is 38.1 Å². The van der Waals surface area contributed by atoms with Crippen LogP contribution < -0.4 is 10.5 Å². The highest BCUT2D eigenvalue weighted by atomic mass is 16.2. The third-order valence-corrected chi connectivity index (χ3v) is 2.77. The van der Waals surface area contributed by atoms with Crippen LogP contribution in [0, 0.1) is 6.92 Å². The second-order valence-corrected chi connectivity index (χ2v) is 4.18. The maximum atomic E-state index is 12.3. The minimum absolute atomic E-state index is 0.225. The average Bonchev–Trinajstić information content (AvgIpc) is 2.40. The highest BCUT2D eigenvalue weighted by molar-refractivity contribution is 6.04. The van der Waals surface area contributed by atoms with E-state index in [-0.39, 0.29) is 17.2 Å². The van der Waals surface area contributed by atoms with Crippen molar-refractivity contribution in [2.75, 3.05) is 11.4 Å². The number of benzene rings is 1. The molecule has 0 unspecified atom stereocenters. The molecule has 2 rings (SSSR count). The molecule has 0 atom stereocenters. The van der Waals surface area contributed by atoms with Gasteiger partial charge in [-0.05, 0) is 31.5 Å². The Morgan fingerprint density at radius 2 is 2.21 bits per heavy atom. The standard InChI is InChI=1S/C14H15N3O2/c1-3-17(11-6-4-5-10(2)7-11)14(19)12-8-16-13(18)9-15-12/h4-9H,3H2,1-2H3,(H,16,18). The summed E-state index contributed by atoms with van der Waals surface area (Å²) in [6, 6.07) is 7.69. The molecule has 1 aromatic heterocycles. The van der Waals surface area contributed by atoms with Crippen molar-refractivity contribution in [1.29, 1.82) is 0 Å². The summed E-state index contributed by atoms with van der Waals surface area (Å²) in [4.78, 5) is 31.2. The molecule has 0 spiro atoms. The summed E-state index contributed by atoms with van der Waals surface area (Å²) in [5, 5.41) is 0. The van der Waals surface area contributed by atoms with E-state index in [2.05, 4.69) is 9.97 Å². The van der Waals surface area contributed by atoms with Gasteiger partial charge in [0, 0.05) is 18.4 Å². The Morgan fingerprint density at radius 3 is 2.79 bits per heavy atom. The van der Waals surface area contributed by atoms with Gasteiger partial charge in [0.1, 0.15) is 5.69 Å². The normalized spacial score (nSPS) is 10.2. The Kier molecular flexibility index (Phi) is 3.75. The van der Waals surface area contributed by atoms with Crippen LogP contribution in [0.2, 0.25) is 0 Å². The summed E-state index contributed by atoms with van der Waals surface area (Å²) in [6.07, 6.45) is 2.44. The van der Waals surface area contributed by atoms with Crippen LogP contribution in [0.3, 0.4) is 0 Å². The zero-order valence-electron chi connectivity index (χ0n) is 10.9. The summed E-state index contributed by atoms with van der Waals surface area (Å²) in [5.74, 6) is -0.232. The maximum absolute atomic E-state index is 12.3. The lowest BCUT2D eigenvalue weighted by Gasteiger charge is -2.20. The van der Waals surface area contributed by atoms with E-state index in [4.69, 9.17) is 0 Å². The molecule has 19 heavy (non-hydrogen) atoms. The lowest BCUT2D eigenvalue weighted by molar-refractivity contribution is 0.0983. The second-order valence-electron chi connectivity index (χ2n) is 4.18. The number of hydrogen-bond acceptors (Lipinski definition) is 3. The first-order valence-electron chi connectivity index (χ1n) is 6.05. The van der Waals surface area contributed by atoms with E-state index in [9.17, 15) is 9.59 Å². The molecule has 1 amide bonds. The molecule has 0 radical (unpaired) electrons. The molecule has 1 aromatic carbocycles. The second kappa shape index (κ2) is 5.48. The third-order valence-electron chi connectivity index (χ3n) is 2.77. The molecule has 1 N–H and O–H groups in total. The molecule has 0 aliphatic rings. The van der Waals surface area contributed by atoms with Crippen LogP contribution in [0.1, 0.15) is 23.0 Å². The maximum Gasteiger partial charge on any atom is 0.278 e. The first-order chi connectivity index (χ1) is 9.11. The summed E-state index contributed by atoms with van der Waals surface area (Å²) >= 11 is 0. The van der Waals surface area contributed by atoms with Gasteiger partial charge in [-0.2, -0.15) is 0 Å². The number of carbonyl (C=O) groups is 1. The molecule has 0 saturated heterocycles. The molecule has 2 aromatic rings. The SMILES string of the molecule is CCN(C(=O)c1c[nH]c(=O)cn1)c1cccc(C)c1. The van der Waals surface area contributed by atoms with Gasteiger partial charge >= 0.3 is 0 Å². The topological polar surface area (TPSA) is 66.1 Å². The number of nitrogens with zero attached hydrogens (tertiary/aromatic N) is 2. The fraction of sp³-hybridized carbons (Fsp3) is 0.214. The number of nitrogens with one attached hydrogen (secondary N) is 1. The summed E-state index contributed by atoms with van der Waals surface area (Å²) in [7, 11) is 0. The van der Waals surface area contributed by atoms with Gasteiger partial charge in [-0.15, -0.1) is 0 Å². The van der Waals surface area contributed by atoms with E-state index in [0.717, 1.165) is 17.4 Å². The van der Waals surface area contributed by atoms with Gasteiger partial charge in [-0.1, -0.05) is 12.1 Å². The molecule has 5 nitrogen and oxygen atoms in total. The summed E-state index contributed by atoms with van der Waals surface area (Å²) in [5.41, 5.74) is 1.80. The zero-order chi connectivity index (χ0) is 13.8. The van der Waals surface area contributed by atoms with E-state index in [1.54, 1.807) is 4.90 Å². The monoisotopic (exact) mass is 257 g/mol. The van der Waals surface area contributed by atoms with Crippen LogP contribution in [0.15, 0.2) is 41.5 Å². The average molecular weight is 257 g/mol. The van der Waals surface area contributed by atoms with E-state index >= 15 is 0 Å². The quantitative estimate of drug-likeness (QED) is 0.910. The van der Waals surface area contributed by atoms with Gasteiger partial charge in [0.25, 0.3) is 11.5 Å². The van der Waals surface area contributed by atoms with Crippen LogP contribution in [-0.2, 0) is 0 Å². The number of aryl methyl sites for hydroxylation is 1. The molecule has 0 aliphatic heterocycles. The third kappa shape index (κ3) is 2.88. The van der Waals surface area contributed by atoms with Crippen molar-refractivity contribution in [2.45, 2.75) is 13.8 Å². The van der Waals surface area contributed by atoms with Gasteiger partial charge < -0.3 is 9.88 Å². The van der Waals surface area contributed by atoms with Crippen LogP contribution in [-0.4, -0.2) is 22.4 Å². The Bertz CT molecular complexity index is 629. The molecule has 5 heteroatoms. The molecular formula is C14H15N3O2. The lowest BCUT2D eigenvalue weighted by Crippen LogP contribution is -2.32. The van der Waals surface area contributed by atoms with Crippen LogP contribution in [0.25, 0.3) is 0 Å². The molecule has 0 aliphatic carbocycles. The molecule has 1 heterocycles. The largest absolute Gasteiger partial charge is 0.325 e. The molecule has 98 valence electrons. The summed E-state index contributed by atoms with van der Waals surface area (Å²) in [6.45, 7) is 4.40. The number of hydrogen-bond donors (Lipinski definition) is 1. The number of rotatable bonds is 3. The highest BCUT2D eigenvalue weighted by Gasteiger charge is 2.17. The van der Waals surface area contributed by atoms with Crippen molar-refractivity contribution in [1.82, 2.24) is 9.97 Å². The van der Waals surface area contributed by atoms with E-state index in [1.165, 1.54) is 6.20 Å². The van der Waals surface area contributed by atoms with Crippen molar-refractivity contribution < 1.29 is 4.79 Å². The zero-order valence-corrected chi connectivity index (χ0v) is 10.9. The van der Waals surface area contributed by atoms with E-state index < -0.39 is 0 Å². The Morgan fingerprint density at radius 1 is 1.42 bits per heavy atom. The number of carbonyl (C=O) groups excluding carboxylic acids is 1. The van der Waals surface area contributed by atoms with E-state index in [0.29, 0.717) is 6.54 Å². The first kappa shape index (κ1) is 13.0. The van der Waals surface area contributed by atoms with Crippen molar-refractivity contribution in [3.63, 3.8) is 0 Å². The van der Waals surface area contributed by atoms with Crippen molar-refractivity contribution in [3.8, 4) is 0 Å². The fourth-order valence-electron chi connectivity index (χ4n) is 1.84. The molecule has 0 saturated carbocycles. The van der Waals surface area contributed by atoms with Crippen LogP contribution in [0.4, 0.5) is 5.69 Å². The highest BCUT2D eigenvalue weighted by Crippen LogP contribution is 2.17. The minimum atomic E-state index is -0.324. The number of anilines is 1. The molecule has 0 bridgehead atoms. The molecule has 0 fully saturated rings. The Balaban J connectivity index is 2.34. The van der Waals surface area contributed by atoms with Gasteiger partial charge in [0.05, 0.1) is 6.20 Å². The van der Waals surface area contributed by atoms with Crippen molar-refractivity contribution in [3.05, 3.63) is 58.3 Å². The van der Waals surface area contributed by atoms with Crippen molar-refractivity contribution >= 4 is 11.6 Å². The van der Waals surface area contributed by atoms with Crippen LogP contribution >= 0.6 is 0 Å². The first-order valence-corrected chi connectivity index (χ1v) is 6.05.